The lowest BCUT2D eigenvalue weighted by molar-refractivity contribution is 0.143. The lowest BCUT2D eigenvalue weighted by Crippen LogP contribution is -2.27. The van der Waals surface area contributed by atoms with E-state index in [1.807, 2.05) is 12.1 Å². The first kappa shape index (κ1) is 8.96. The summed E-state index contributed by atoms with van der Waals surface area (Å²) in [6.45, 7) is 0.910. The van der Waals surface area contributed by atoms with Crippen molar-refractivity contribution in [1.82, 2.24) is 4.98 Å². The number of pyridine rings is 1. The van der Waals surface area contributed by atoms with Crippen molar-refractivity contribution in [1.29, 1.82) is 0 Å². The Labute approximate surface area is 81.8 Å². The monoisotopic (exact) mass is 192 g/mol. The first-order valence-electron chi connectivity index (χ1n) is 4.37. The summed E-state index contributed by atoms with van der Waals surface area (Å²) in [6.07, 6.45) is 1.65. The van der Waals surface area contributed by atoms with Crippen molar-refractivity contribution >= 4 is 11.7 Å². The molecular weight excluding hydrogens is 180 g/mol. The lowest BCUT2D eigenvalue weighted by atomic mass is 10.1. The summed E-state index contributed by atoms with van der Waals surface area (Å²) in [5, 5.41) is 0. The van der Waals surface area contributed by atoms with Crippen molar-refractivity contribution in [2.24, 2.45) is 10.7 Å². The summed E-state index contributed by atoms with van der Waals surface area (Å²) in [4.78, 5) is 8.25. The lowest BCUT2D eigenvalue weighted by Gasteiger charge is -2.19. The minimum atomic E-state index is -0.113. The van der Waals surface area contributed by atoms with Crippen molar-refractivity contribution in [3.05, 3.63) is 23.9 Å². The van der Waals surface area contributed by atoms with Crippen LogP contribution in [-0.2, 0) is 4.74 Å². The molecule has 0 radical (unpaired) electrons. The smallest absolute Gasteiger partial charge is 0.128 e. The molecular formula is C9H12N4O. The summed E-state index contributed by atoms with van der Waals surface area (Å²) in [7, 11) is 0. The zero-order valence-corrected chi connectivity index (χ0v) is 7.68. The second-order valence-electron chi connectivity index (χ2n) is 3.13. The van der Waals surface area contributed by atoms with Gasteiger partial charge in [0.25, 0.3) is 0 Å². The van der Waals surface area contributed by atoms with Crippen molar-refractivity contribution in [3.8, 4) is 0 Å². The van der Waals surface area contributed by atoms with E-state index in [0.717, 1.165) is 5.56 Å². The van der Waals surface area contributed by atoms with E-state index < -0.39 is 0 Å². The van der Waals surface area contributed by atoms with Gasteiger partial charge in [-0.3, -0.25) is 4.99 Å². The molecule has 1 atom stereocenters. The summed E-state index contributed by atoms with van der Waals surface area (Å²) in [5.74, 6) is 0.990. The van der Waals surface area contributed by atoms with Crippen LogP contribution < -0.4 is 11.5 Å². The van der Waals surface area contributed by atoms with Crippen LogP contribution in [0.5, 0.6) is 0 Å². The molecule has 5 heteroatoms. The van der Waals surface area contributed by atoms with Crippen LogP contribution in [0.2, 0.25) is 0 Å². The van der Waals surface area contributed by atoms with Gasteiger partial charge in [-0.05, 0) is 6.07 Å². The number of hydrogen-bond acceptors (Lipinski definition) is 5. The number of ether oxygens (including phenoxy) is 1. The molecule has 0 aliphatic carbocycles. The Bertz CT molecular complexity index is 364. The molecule has 1 aromatic rings. The minimum Gasteiger partial charge on any atom is -0.386 e. The van der Waals surface area contributed by atoms with Gasteiger partial charge in [-0.15, -0.1) is 0 Å². The normalized spacial score (nSPS) is 21.7. The van der Waals surface area contributed by atoms with Gasteiger partial charge in [0.2, 0.25) is 0 Å². The van der Waals surface area contributed by atoms with Crippen LogP contribution in [0.3, 0.4) is 0 Å². The Morgan fingerprint density at radius 3 is 3.00 bits per heavy atom. The topological polar surface area (TPSA) is 86.5 Å². The van der Waals surface area contributed by atoms with E-state index in [9.17, 15) is 0 Å². The van der Waals surface area contributed by atoms with Crippen molar-refractivity contribution < 1.29 is 4.74 Å². The van der Waals surface area contributed by atoms with Gasteiger partial charge in [0.1, 0.15) is 24.3 Å². The molecule has 1 unspecified atom stereocenters. The van der Waals surface area contributed by atoms with Gasteiger partial charge >= 0.3 is 0 Å². The molecule has 0 aromatic carbocycles. The first-order chi connectivity index (χ1) is 6.77. The number of hydrogen-bond donors (Lipinski definition) is 2. The average Bonchev–Trinajstić information content (AvgIpc) is 2.18. The van der Waals surface area contributed by atoms with Gasteiger partial charge in [0.15, 0.2) is 0 Å². The Kier molecular flexibility index (Phi) is 2.32. The molecule has 0 saturated carbocycles. The Hall–Kier alpha value is -1.62. The molecule has 0 spiro atoms. The quantitative estimate of drug-likeness (QED) is 0.660. The van der Waals surface area contributed by atoms with Crippen LogP contribution in [0, 0.1) is 0 Å². The SMILES string of the molecule is NC1=NC(c2cccnc2N)COC1. The molecule has 1 aliphatic rings. The Morgan fingerprint density at radius 2 is 2.29 bits per heavy atom. The fraction of sp³-hybridized carbons (Fsp3) is 0.333. The third-order valence-corrected chi connectivity index (χ3v) is 2.08. The zero-order valence-electron chi connectivity index (χ0n) is 7.68. The van der Waals surface area contributed by atoms with Crippen LogP contribution in [0.25, 0.3) is 0 Å². The number of nitrogens with zero attached hydrogens (tertiary/aromatic N) is 2. The largest absolute Gasteiger partial charge is 0.386 e. The van der Waals surface area contributed by atoms with E-state index in [2.05, 4.69) is 9.98 Å². The average molecular weight is 192 g/mol. The van der Waals surface area contributed by atoms with E-state index in [-0.39, 0.29) is 6.04 Å². The number of aliphatic imine (C=N–C) groups is 1. The van der Waals surface area contributed by atoms with Crippen molar-refractivity contribution in [2.45, 2.75) is 6.04 Å². The fourth-order valence-corrected chi connectivity index (χ4v) is 1.42. The molecule has 1 aliphatic heterocycles. The highest BCUT2D eigenvalue weighted by molar-refractivity contribution is 5.82. The molecule has 0 amide bonds. The molecule has 0 fully saturated rings. The second-order valence-corrected chi connectivity index (χ2v) is 3.13. The van der Waals surface area contributed by atoms with Crippen LogP contribution >= 0.6 is 0 Å². The van der Waals surface area contributed by atoms with Gasteiger partial charge in [0, 0.05) is 11.8 Å². The molecule has 4 N–H and O–H groups in total. The van der Waals surface area contributed by atoms with Crippen LogP contribution in [0.4, 0.5) is 5.82 Å². The fourth-order valence-electron chi connectivity index (χ4n) is 1.42. The van der Waals surface area contributed by atoms with Crippen molar-refractivity contribution in [2.75, 3.05) is 18.9 Å². The van der Waals surface area contributed by atoms with E-state index in [0.29, 0.717) is 24.9 Å². The standard InChI is InChI=1S/C9H12N4O/c10-8-5-14-4-7(13-8)6-2-1-3-12-9(6)11/h1-3,7H,4-5H2,(H2,10,13)(H2,11,12). The summed E-state index contributed by atoms with van der Waals surface area (Å²) in [6, 6.07) is 3.60. The number of aromatic nitrogens is 1. The molecule has 14 heavy (non-hydrogen) atoms. The predicted molar refractivity (Wildman–Crippen MR) is 53.8 cm³/mol. The third-order valence-electron chi connectivity index (χ3n) is 2.08. The van der Waals surface area contributed by atoms with Crippen LogP contribution in [0.15, 0.2) is 23.3 Å². The zero-order chi connectivity index (χ0) is 9.97. The maximum atomic E-state index is 5.72. The Balaban J connectivity index is 2.31. The van der Waals surface area contributed by atoms with E-state index in [1.54, 1.807) is 6.20 Å². The van der Waals surface area contributed by atoms with Gasteiger partial charge < -0.3 is 16.2 Å². The molecule has 2 heterocycles. The van der Waals surface area contributed by atoms with Crippen molar-refractivity contribution in [3.63, 3.8) is 0 Å². The summed E-state index contributed by atoms with van der Waals surface area (Å²) < 4.78 is 5.26. The molecule has 5 nitrogen and oxygen atoms in total. The van der Waals surface area contributed by atoms with Gasteiger partial charge in [-0.1, -0.05) is 6.07 Å². The highest BCUT2D eigenvalue weighted by atomic mass is 16.5. The highest BCUT2D eigenvalue weighted by Gasteiger charge is 2.18. The predicted octanol–water partition coefficient (Wildman–Crippen LogP) is 0.0923. The van der Waals surface area contributed by atoms with Crippen LogP contribution in [-0.4, -0.2) is 24.0 Å². The summed E-state index contributed by atoms with van der Waals surface area (Å²) >= 11 is 0. The number of rotatable bonds is 1. The Morgan fingerprint density at radius 1 is 1.43 bits per heavy atom. The van der Waals surface area contributed by atoms with Gasteiger partial charge in [-0.2, -0.15) is 0 Å². The third kappa shape index (κ3) is 1.67. The summed E-state index contributed by atoms with van der Waals surface area (Å²) in [5.41, 5.74) is 12.2. The number of nitrogens with two attached hydrogens (primary N) is 2. The first-order valence-corrected chi connectivity index (χ1v) is 4.37. The van der Waals surface area contributed by atoms with E-state index >= 15 is 0 Å². The van der Waals surface area contributed by atoms with E-state index in [4.69, 9.17) is 16.2 Å². The number of nitrogen functional groups attached to an aromatic ring is 1. The molecule has 2 rings (SSSR count). The number of anilines is 1. The maximum absolute atomic E-state index is 5.72. The maximum Gasteiger partial charge on any atom is 0.128 e. The second kappa shape index (κ2) is 3.63. The molecule has 0 bridgehead atoms. The molecule has 74 valence electrons. The molecule has 0 saturated heterocycles. The van der Waals surface area contributed by atoms with Gasteiger partial charge in [0.05, 0.1) is 6.61 Å². The van der Waals surface area contributed by atoms with E-state index in [1.165, 1.54) is 0 Å². The van der Waals surface area contributed by atoms with Gasteiger partial charge in [-0.25, -0.2) is 4.98 Å². The highest BCUT2D eigenvalue weighted by Crippen LogP contribution is 2.23. The molecule has 1 aromatic heterocycles. The van der Waals surface area contributed by atoms with Crippen LogP contribution in [0.1, 0.15) is 11.6 Å². The minimum absolute atomic E-state index is 0.113. The number of amidine groups is 1.